The van der Waals surface area contributed by atoms with Crippen LogP contribution in [0.1, 0.15) is 16.2 Å². The molecule has 3 aromatic carbocycles. The second kappa shape index (κ2) is 12.2. The minimum atomic E-state index is -4.94. The maximum atomic E-state index is 8.49. The van der Waals surface area contributed by atoms with E-state index in [1.165, 1.54) is 0 Å². The second-order valence-corrected chi connectivity index (χ2v) is 8.41. The molecule has 0 atom stereocenters. The third kappa shape index (κ3) is 8.24. The van der Waals surface area contributed by atoms with Crippen molar-refractivity contribution in [2.24, 2.45) is 0 Å². The predicted molar refractivity (Wildman–Crippen MR) is 122 cm³/mol. The lowest BCUT2D eigenvalue weighted by molar-refractivity contribution is -2.00. The topological polar surface area (TPSA) is 113 Å². The van der Waals surface area contributed by atoms with Crippen molar-refractivity contribution >= 4 is 23.0 Å². The third-order valence-electron chi connectivity index (χ3n) is 4.51. The van der Waals surface area contributed by atoms with Gasteiger partial charge in [-0.05, 0) is 52.8 Å². The summed E-state index contributed by atoms with van der Waals surface area (Å²) in [5.41, 5.74) is 4.37. The molecule has 8 heteroatoms. The maximum absolute atomic E-state index is 8.49. The highest BCUT2D eigenvalue weighted by molar-refractivity contribution is 7.10. The summed E-state index contributed by atoms with van der Waals surface area (Å²) >= 11 is 1.61. The molecule has 4 aromatic rings. The lowest BCUT2D eigenvalue weighted by atomic mass is 10.1. The zero-order valence-electron chi connectivity index (χ0n) is 18.1. The van der Waals surface area contributed by atoms with E-state index in [0.29, 0.717) is 0 Å². The Morgan fingerprint density at radius 2 is 1.44 bits per heavy atom. The summed E-state index contributed by atoms with van der Waals surface area (Å²) in [6.45, 7) is 0. The van der Waals surface area contributed by atoms with Crippen molar-refractivity contribution in [1.29, 1.82) is 0 Å². The minimum Gasteiger partial charge on any atom is -0.497 e. The molecule has 1 aromatic heterocycles. The fraction of sp³-hybridized carbons (Fsp3) is 0.0385. The first-order chi connectivity index (χ1) is 16.3. The number of hydrogen-bond acceptors (Lipinski definition) is 6. The summed E-state index contributed by atoms with van der Waals surface area (Å²) in [7, 11) is -3.27. The molecule has 0 N–H and O–H groups in total. The van der Waals surface area contributed by atoms with Crippen molar-refractivity contribution in [1.82, 2.24) is 0 Å². The summed E-state index contributed by atoms with van der Waals surface area (Å²) < 4.78 is 45.4. The number of methoxy groups -OCH3 is 1. The van der Waals surface area contributed by atoms with Gasteiger partial charge in [-0.15, -0.1) is 10.2 Å². The van der Waals surface area contributed by atoms with E-state index < -0.39 is 10.2 Å². The Bertz CT molecular complexity index is 1210. The zero-order chi connectivity index (χ0) is 24.4. The van der Waals surface area contributed by atoms with Crippen molar-refractivity contribution in [3.8, 4) is 17.1 Å². The first-order valence-electron chi connectivity index (χ1n) is 10.0. The van der Waals surface area contributed by atoms with Gasteiger partial charge in [0.1, 0.15) is 11.1 Å². The molecular weight excluding hydrogens is 476 g/mol. The van der Waals surface area contributed by atoms with Crippen LogP contribution in [-0.2, 0) is 0 Å². The molecule has 0 aliphatic rings. The van der Waals surface area contributed by atoms with Crippen LogP contribution >= 0.6 is 11.3 Å². The normalized spacial score (nSPS) is 11.7. The van der Waals surface area contributed by atoms with Crippen LogP contribution < -0.4 is 23.4 Å². The lowest BCUT2D eigenvalue weighted by Crippen LogP contribution is -2.68. The van der Waals surface area contributed by atoms with E-state index in [1.807, 2.05) is 60.7 Å². The van der Waals surface area contributed by atoms with Gasteiger partial charge in [0.05, 0.1) is 18.2 Å². The predicted octanol–water partition coefficient (Wildman–Crippen LogP) is 2.69. The van der Waals surface area contributed by atoms with Crippen molar-refractivity contribution in [2.75, 3.05) is 7.11 Å². The molecule has 0 amide bonds. The van der Waals surface area contributed by atoms with Gasteiger partial charge in [-0.2, -0.15) is 4.42 Å². The van der Waals surface area contributed by atoms with Crippen LogP contribution in [-0.4, -0.2) is 7.11 Å². The molecule has 0 bridgehead atoms. The molecule has 0 fully saturated rings. The fourth-order valence-corrected chi connectivity index (χ4v) is 3.82. The van der Waals surface area contributed by atoms with Crippen LogP contribution in [0, 0.1) is 10.2 Å². The highest BCUT2D eigenvalue weighted by Crippen LogP contribution is 2.33. The van der Waals surface area contributed by atoms with E-state index in [4.69, 9.17) is 27.8 Å². The lowest BCUT2D eigenvalue weighted by Gasteiger charge is -2.17. The Balaban J connectivity index is 0.000000588. The van der Waals surface area contributed by atoms with E-state index in [9.17, 15) is 0 Å². The van der Waals surface area contributed by atoms with Crippen molar-refractivity contribution in [2.45, 2.75) is 0 Å². The van der Waals surface area contributed by atoms with Crippen molar-refractivity contribution < 1.29 is 38.0 Å². The molecule has 34 heavy (non-hydrogen) atoms. The Morgan fingerprint density at radius 1 is 0.853 bits per heavy atom. The van der Waals surface area contributed by atoms with Crippen molar-refractivity contribution in [3.63, 3.8) is 0 Å². The number of ether oxygens (including phenoxy) is 1. The van der Waals surface area contributed by atoms with E-state index >= 15 is 0 Å². The molecule has 0 radical (unpaired) electrons. The molecule has 0 saturated carbocycles. The molecule has 4 rings (SSSR count). The molecule has 0 spiro atoms. The van der Waals surface area contributed by atoms with Gasteiger partial charge in [0.25, 0.3) is 0 Å². The number of benzene rings is 3. The molecule has 174 valence electrons. The standard InChI is InChI=1S/C26H21O2S.ClHO4/c1-27-23-17-15-20(16-18-23)9-8-14-24(21-10-4-2-5-11-21)26-28-25(19-29-26)22-12-6-3-7-13-22;2-1(3,4)5/h2-19H,1H3;(H,2,3,4,5)/q+1;/p-1/b9-8+,24-14+;. The number of rotatable bonds is 6. The third-order valence-corrected chi connectivity index (χ3v) is 5.36. The van der Waals surface area contributed by atoms with Crippen LogP contribution in [0.5, 0.6) is 5.75 Å². The first kappa shape index (κ1) is 25.3. The van der Waals surface area contributed by atoms with Gasteiger partial charge in [-0.25, -0.2) is 18.6 Å². The van der Waals surface area contributed by atoms with Crippen LogP contribution in [0.2, 0.25) is 0 Å². The molecular formula is C26H21ClO6S. The highest BCUT2D eigenvalue weighted by atomic mass is 35.7. The quantitative estimate of drug-likeness (QED) is 0.299. The smallest absolute Gasteiger partial charge is 0.418 e. The van der Waals surface area contributed by atoms with Crippen LogP contribution in [0.3, 0.4) is 0 Å². The van der Waals surface area contributed by atoms with Crippen molar-refractivity contribution in [3.05, 3.63) is 119 Å². The maximum Gasteiger partial charge on any atom is 0.418 e. The van der Waals surface area contributed by atoms with Crippen LogP contribution in [0.25, 0.3) is 23.0 Å². The van der Waals surface area contributed by atoms with Gasteiger partial charge in [-0.1, -0.05) is 72.8 Å². The number of halogens is 1. The van der Waals surface area contributed by atoms with E-state index in [-0.39, 0.29) is 0 Å². The molecule has 0 aliphatic carbocycles. The average molecular weight is 497 g/mol. The van der Waals surface area contributed by atoms with E-state index in [1.54, 1.807) is 18.4 Å². The molecule has 6 nitrogen and oxygen atoms in total. The van der Waals surface area contributed by atoms with Crippen LogP contribution in [0.4, 0.5) is 0 Å². The summed E-state index contributed by atoms with van der Waals surface area (Å²) in [5, 5.41) is 2.95. The van der Waals surface area contributed by atoms with Gasteiger partial charge in [-0.3, -0.25) is 0 Å². The summed E-state index contributed by atoms with van der Waals surface area (Å²) in [4.78, 5) is 0. The average Bonchev–Trinajstić information content (AvgIpc) is 3.32. The number of allylic oxidation sites excluding steroid dienone is 2. The molecule has 0 saturated heterocycles. The zero-order valence-corrected chi connectivity index (χ0v) is 19.7. The van der Waals surface area contributed by atoms with Gasteiger partial charge in [0, 0.05) is 0 Å². The monoisotopic (exact) mass is 496 g/mol. The van der Waals surface area contributed by atoms with E-state index in [0.717, 1.165) is 38.8 Å². The molecule has 1 heterocycles. The SMILES string of the molecule is COc1ccc(/C=C/C=C(\c2ccccc2)c2[o+]c(-c3ccccc3)cs2)cc1.[O-][Cl+3]([O-])([O-])[O-]. The Labute approximate surface area is 203 Å². The summed E-state index contributed by atoms with van der Waals surface area (Å²) in [6, 6.07) is 28.5. The number of hydrogen-bond donors (Lipinski definition) is 0. The Hall–Kier alpha value is -3.30. The van der Waals surface area contributed by atoms with Gasteiger partial charge in [0.2, 0.25) is 0 Å². The highest BCUT2D eigenvalue weighted by Gasteiger charge is 2.23. The second-order valence-electron chi connectivity index (χ2n) is 6.81. The van der Waals surface area contributed by atoms with E-state index in [2.05, 4.69) is 47.9 Å². The van der Waals surface area contributed by atoms with Gasteiger partial charge >= 0.3 is 10.8 Å². The first-order valence-corrected chi connectivity index (χ1v) is 12.1. The van der Waals surface area contributed by atoms with Crippen LogP contribution in [0.15, 0.2) is 107 Å². The Morgan fingerprint density at radius 3 is 2.03 bits per heavy atom. The summed E-state index contributed by atoms with van der Waals surface area (Å²) in [5.74, 6) is 1.74. The minimum absolute atomic E-state index is 0.855. The Kier molecular flexibility index (Phi) is 9.12. The summed E-state index contributed by atoms with van der Waals surface area (Å²) in [6.07, 6.45) is 6.24. The van der Waals surface area contributed by atoms with Gasteiger partial charge in [0.15, 0.2) is 0 Å². The molecule has 0 unspecified atom stereocenters. The van der Waals surface area contributed by atoms with Gasteiger partial charge < -0.3 is 4.74 Å². The largest absolute Gasteiger partial charge is 0.497 e. The molecule has 0 aliphatic heterocycles. The fourth-order valence-electron chi connectivity index (χ4n) is 2.97.